The molecule has 1 fully saturated rings. The molecule has 1 aromatic carbocycles. The molecule has 1 aliphatic carbocycles. The van der Waals surface area contributed by atoms with E-state index in [9.17, 15) is 4.79 Å². The summed E-state index contributed by atoms with van der Waals surface area (Å²) in [6, 6.07) is 6.10. The number of methoxy groups -OCH3 is 1. The Kier molecular flexibility index (Phi) is 4.64. The quantitative estimate of drug-likeness (QED) is 0.928. The van der Waals surface area contributed by atoms with Crippen LogP contribution in [0.5, 0.6) is 5.75 Å². The first-order chi connectivity index (χ1) is 8.69. The van der Waals surface area contributed by atoms with E-state index in [0.29, 0.717) is 12.5 Å². The average molecular weight is 312 g/mol. The van der Waals surface area contributed by atoms with Crippen molar-refractivity contribution in [1.29, 1.82) is 0 Å². The molecule has 0 saturated heterocycles. The molecule has 0 radical (unpaired) electrons. The summed E-state index contributed by atoms with van der Waals surface area (Å²) in [4.78, 5) is 12.0. The fourth-order valence-electron chi connectivity index (χ4n) is 2.41. The van der Waals surface area contributed by atoms with E-state index >= 15 is 0 Å². The molecule has 1 aliphatic rings. The number of rotatable bonds is 4. The van der Waals surface area contributed by atoms with Crippen LogP contribution in [0.25, 0.3) is 0 Å². The van der Waals surface area contributed by atoms with Crippen molar-refractivity contribution in [2.24, 2.45) is 0 Å². The largest absolute Gasteiger partial charge is 0.496 e. The van der Waals surface area contributed by atoms with Crippen molar-refractivity contribution in [3.8, 4) is 5.75 Å². The third-order valence-electron chi connectivity index (χ3n) is 3.31. The van der Waals surface area contributed by atoms with Crippen LogP contribution in [-0.4, -0.2) is 19.1 Å². The van der Waals surface area contributed by atoms with Crippen LogP contribution in [0.1, 0.15) is 31.2 Å². The molecule has 98 valence electrons. The van der Waals surface area contributed by atoms with Crippen molar-refractivity contribution in [2.75, 3.05) is 7.11 Å². The molecule has 4 heteroatoms. The Bertz CT molecular complexity index is 428. The minimum absolute atomic E-state index is 0.0818. The lowest BCUT2D eigenvalue weighted by Gasteiger charge is -2.13. The smallest absolute Gasteiger partial charge is 0.224 e. The number of ether oxygens (including phenoxy) is 1. The Balaban J connectivity index is 1.99. The van der Waals surface area contributed by atoms with Crippen molar-refractivity contribution in [1.82, 2.24) is 5.32 Å². The highest BCUT2D eigenvalue weighted by Gasteiger charge is 2.18. The van der Waals surface area contributed by atoms with Crippen molar-refractivity contribution in [3.63, 3.8) is 0 Å². The summed E-state index contributed by atoms with van der Waals surface area (Å²) >= 11 is 3.42. The highest BCUT2D eigenvalue weighted by Crippen LogP contribution is 2.24. The SMILES string of the molecule is COc1ccc(Br)cc1CC(=O)NC1CCCC1. The first-order valence-corrected chi connectivity index (χ1v) is 7.10. The summed E-state index contributed by atoms with van der Waals surface area (Å²) in [7, 11) is 1.63. The zero-order valence-electron chi connectivity index (χ0n) is 10.5. The summed E-state index contributed by atoms with van der Waals surface area (Å²) in [5.41, 5.74) is 0.919. The third-order valence-corrected chi connectivity index (χ3v) is 3.81. The van der Waals surface area contributed by atoms with Gasteiger partial charge in [0.1, 0.15) is 5.75 Å². The van der Waals surface area contributed by atoms with E-state index in [-0.39, 0.29) is 5.91 Å². The molecule has 18 heavy (non-hydrogen) atoms. The Morgan fingerprint density at radius 2 is 2.17 bits per heavy atom. The van der Waals surface area contributed by atoms with E-state index in [4.69, 9.17) is 4.74 Å². The van der Waals surface area contributed by atoms with Crippen LogP contribution in [-0.2, 0) is 11.2 Å². The van der Waals surface area contributed by atoms with Crippen LogP contribution in [0.3, 0.4) is 0 Å². The molecule has 2 rings (SSSR count). The standard InChI is InChI=1S/C14H18BrNO2/c1-18-13-7-6-11(15)8-10(13)9-14(17)16-12-4-2-3-5-12/h6-8,12H,2-5,9H2,1H3,(H,16,17). The highest BCUT2D eigenvalue weighted by atomic mass is 79.9. The molecule has 1 aromatic rings. The number of hydrogen-bond donors (Lipinski definition) is 1. The molecule has 0 heterocycles. The lowest BCUT2D eigenvalue weighted by molar-refractivity contribution is -0.121. The number of nitrogens with one attached hydrogen (secondary N) is 1. The van der Waals surface area contributed by atoms with E-state index < -0.39 is 0 Å². The maximum Gasteiger partial charge on any atom is 0.224 e. The number of hydrogen-bond acceptors (Lipinski definition) is 2. The van der Waals surface area contributed by atoms with Gasteiger partial charge in [-0.1, -0.05) is 28.8 Å². The Morgan fingerprint density at radius 3 is 2.83 bits per heavy atom. The predicted octanol–water partition coefficient (Wildman–Crippen LogP) is 3.06. The molecule has 1 amide bonds. The topological polar surface area (TPSA) is 38.3 Å². The number of benzene rings is 1. The average Bonchev–Trinajstić information content (AvgIpc) is 2.82. The van der Waals surface area contributed by atoms with Crippen LogP contribution in [0.4, 0.5) is 0 Å². The second kappa shape index (κ2) is 6.23. The molecule has 1 N–H and O–H groups in total. The summed E-state index contributed by atoms with van der Waals surface area (Å²) in [6.07, 6.45) is 5.05. The first kappa shape index (κ1) is 13.4. The summed E-state index contributed by atoms with van der Waals surface area (Å²) in [5.74, 6) is 0.845. The van der Waals surface area contributed by atoms with Gasteiger partial charge >= 0.3 is 0 Å². The second-order valence-corrected chi connectivity index (χ2v) is 5.60. The number of carbonyl (C=O) groups is 1. The van der Waals surface area contributed by atoms with Gasteiger partial charge in [0.15, 0.2) is 0 Å². The van der Waals surface area contributed by atoms with Gasteiger partial charge in [0.2, 0.25) is 5.91 Å². The minimum Gasteiger partial charge on any atom is -0.496 e. The van der Waals surface area contributed by atoms with Crippen LogP contribution >= 0.6 is 15.9 Å². The third kappa shape index (κ3) is 3.48. The lowest BCUT2D eigenvalue weighted by Crippen LogP contribution is -2.33. The maximum atomic E-state index is 12.0. The fraction of sp³-hybridized carbons (Fsp3) is 0.500. The van der Waals surface area contributed by atoms with Gasteiger partial charge in [0.25, 0.3) is 0 Å². The van der Waals surface area contributed by atoms with Crippen molar-refractivity contribution in [2.45, 2.75) is 38.1 Å². The van der Waals surface area contributed by atoms with Crippen LogP contribution in [0, 0.1) is 0 Å². The van der Waals surface area contributed by atoms with E-state index in [1.807, 2.05) is 18.2 Å². The Morgan fingerprint density at radius 1 is 1.44 bits per heavy atom. The van der Waals surface area contributed by atoms with Crippen LogP contribution in [0.15, 0.2) is 22.7 Å². The number of carbonyl (C=O) groups excluding carboxylic acids is 1. The van der Waals surface area contributed by atoms with Crippen LogP contribution < -0.4 is 10.1 Å². The van der Waals surface area contributed by atoms with Gasteiger partial charge in [-0.3, -0.25) is 4.79 Å². The number of amides is 1. The van der Waals surface area contributed by atoms with Crippen molar-refractivity contribution < 1.29 is 9.53 Å². The van der Waals surface area contributed by atoms with Crippen molar-refractivity contribution >= 4 is 21.8 Å². The van der Waals surface area contributed by atoms with Crippen LogP contribution in [0.2, 0.25) is 0 Å². The molecule has 0 aromatic heterocycles. The summed E-state index contributed by atoms with van der Waals surface area (Å²) < 4.78 is 6.24. The van der Waals surface area contributed by atoms with Gasteiger partial charge in [-0.25, -0.2) is 0 Å². The van der Waals surface area contributed by atoms with Gasteiger partial charge in [-0.05, 0) is 31.0 Å². The van der Waals surface area contributed by atoms with E-state index in [2.05, 4.69) is 21.2 Å². The van der Waals surface area contributed by atoms with Gasteiger partial charge in [0.05, 0.1) is 13.5 Å². The monoisotopic (exact) mass is 311 g/mol. The predicted molar refractivity (Wildman–Crippen MR) is 74.8 cm³/mol. The van der Waals surface area contributed by atoms with Gasteiger partial charge < -0.3 is 10.1 Å². The molecule has 0 spiro atoms. The maximum absolute atomic E-state index is 12.0. The molecule has 0 unspecified atom stereocenters. The Hall–Kier alpha value is -1.03. The lowest BCUT2D eigenvalue weighted by atomic mass is 10.1. The number of halogens is 1. The zero-order chi connectivity index (χ0) is 13.0. The summed E-state index contributed by atoms with van der Waals surface area (Å²) in [6.45, 7) is 0. The van der Waals surface area contributed by atoms with Gasteiger partial charge in [-0.2, -0.15) is 0 Å². The Labute approximate surface area is 116 Å². The minimum atomic E-state index is 0.0818. The molecular weight excluding hydrogens is 294 g/mol. The van der Waals surface area contributed by atoms with Crippen molar-refractivity contribution in [3.05, 3.63) is 28.2 Å². The zero-order valence-corrected chi connectivity index (χ0v) is 12.1. The second-order valence-electron chi connectivity index (χ2n) is 4.68. The molecule has 1 saturated carbocycles. The molecule has 0 aliphatic heterocycles. The molecule has 0 bridgehead atoms. The molecular formula is C14H18BrNO2. The molecule has 3 nitrogen and oxygen atoms in total. The normalized spacial score (nSPS) is 15.7. The van der Waals surface area contributed by atoms with E-state index in [1.165, 1.54) is 12.8 Å². The molecule has 0 atom stereocenters. The highest BCUT2D eigenvalue weighted by molar-refractivity contribution is 9.10. The fourth-order valence-corrected chi connectivity index (χ4v) is 2.82. The summed E-state index contributed by atoms with van der Waals surface area (Å²) in [5, 5.41) is 3.09. The van der Waals surface area contributed by atoms with Gasteiger partial charge in [0, 0.05) is 16.1 Å². The van der Waals surface area contributed by atoms with E-state index in [1.54, 1.807) is 7.11 Å². The van der Waals surface area contributed by atoms with Gasteiger partial charge in [-0.15, -0.1) is 0 Å². The van der Waals surface area contributed by atoms with E-state index in [0.717, 1.165) is 28.6 Å². The first-order valence-electron chi connectivity index (χ1n) is 6.31.